The summed E-state index contributed by atoms with van der Waals surface area (Å²) >= 11 is 0. The molecule has 1 amide bonds. The van der Waals surface area contributed by atoms with Crippen molar-refractivity contribution in [3.05, 3.63) is 41.3 Å². The number of primary amides is 1. The highest BCUT2D eigenvalue weighted by atomic mass is 16.1. The van der Waals surface area contributed by atoms with Gasteiger partial charge in [0.05, 0.1) is 5.69 Å². The number of aromatic nitrogens is 2. The summed E-state index contributed by atoms with van der Waals surface area (Å²) in [6.45, 7) is 4.04. The fourth-order valence-electron chi connectivity index (χ4n) is 1.76. The van der Waals surface area contributed by atoms with Crippen LogP contribution < -0.4 is 5.73 Å². The number of H-pyrrole nitrogens is 1. The molecule has 0 radical (unpaired) electrons. The topological polar surface area (TPSA) is 71.8 Å². The molecule has 2 rings (SSSR count). The number of nitrogens with two attached hydrogens (primary N) is 1. The maximum Gasteiger partial charge on any atom is 0.248 e. The zero-order valence-corrected chi connectivity index (χ0v) is 9.95. The number of aromatic amines is 1. The van der Waals surface area contributed by atoms with Gasteiger partial charge in [0, 0.05) is 23.2 Å². The Morgan fingerprint density at radius 3 is 2.47 bits per heavy atom. The predicted octanol–water partition coefficient (Wildman–Crippen LogP) is 2.05. The van der Waals surface area contributed by atoms with Crippen LogP contribution in [-0.4, -0.2) is 15.9 Å². The molecule has 0 aliphatic rings. The van der Waals surface area contributed by atoms with Crippen molar-refractivity contribution in [1.82, 2.24) is 9.97 Å². The molecular formula is C13H15N3O. The molecule has 17 heavy (non-hydrogen) atoms. The van der Waals surface area contributed by atoms with E-state index in [1.165, 1.54) is 0 Å². The largest absolute Gasteiger partial charge is 0.366 e. The normalized spacial score (nSPS) is 10.5. The van der Waals surface area contributed by atoms with Crippen LogP contribution in [0.25, 0.3) is 11.3 Å². The van der Waals surface area contributed by atoms with E-state index in [0.29, 0.717) is 5.56 Å². The van der Waals surface area contributed by atoms with Gasteiger partial charge in [-0.1, -0.05) is 19.1 Å². The molecule has 0 fully saturated rings. The molecule has 0 aliphatic heterocycles. The number of nitrogens with zero attached hydrogens (tertiary/aromatic N) is 1. The fourth-order valence-corrected chi connectivity index (χ4v) is 1.76. The molecule has 0 spiro atoms. The number of carbonyl (C=O) groups is 1. The van der Waals surface area contributed by atoms with E-state index in [1.807, 2.05) is 19.1 Å². The molecule has 88 valence electrons. The number of imidazole rings is 1. The summed E-state index contributed by atoms with van der Waals surface area (Å²) in [4.78, 5) is 18.7. The molecule has 1 aromatic carbocycles. The Morgan fingerprint density at radius 2 is 2.00 bits per heavy atom. The maximum atomic E-state index is 11.0. The summed E-state index contributed by atoms with van der Waals surface area (Å²) in [5, 5.41) is 0. The van der Waals surface area contributed by atoms with Crippen molar-refractivity contribution < 1.29 is 4.79 Å². The summed E-state index contributed by atoms with van der Waals surface area (Å²) in [5.74, 6) is 0.557. The summed E-state index contributed by atoms with van der Waals surface area (Å²) in [7, 11) is 0. The lowest BCUT2D eigenvalue weighted by atomic mass is 10.1. The second kappa shape index (κ2) is 4.41. The summed E-state index contributed by atoms with van der Waals surface area (Å²) < 4.78 is 0. The minimum Gasteiger partial charge on any atom is -0.366 e. The van der Waals surface area contributed by atoms with Crippen molar-refractivity contribution in [2.75, 3.05) is 0 Å². The van der Waals surface area contributed by atoms with Crippen LogP contribution in [0.15, 0.2) is 24.3 Å². The second-order valence-corrected chi connectivity index (χ2v) is 3.95. The number of nitrogens with one attached hydrogen (secondary N) is 1. The minimum atomic E-state index is -0.412. The Labute approximate surface area is 99.9 Å². The Kier molecular flexibility index (Phi) is 2.95. The van der Waals surface area contributed by atoms with Crippen LogP contribution in [0.4, 0.5) is 0 Å². The lowest BCUT2D eigenvalue weighted by molar-refractivity contribution is 0.100. The molecule has 3 N–H and O–H groups in total. The maximum absolute atomic E-state index is 11.0. The Bertz CT molecular complexity index is 540. The average Bonchev–Trinajstić information content (AvgIpc) is 2.71. The highest BCUT2D eigenvalue weighted by Gasteiger charge is 2.08. The first-order chi connectivity index (χ1) is 8.11. The summed E-state index contributed by atoms with van der Waals surface area (Å²) in [6.07, 6.45) is 0.875. The highest BCUT2D eigenvalue weighted by Crippen LogP contribution is 2.21. The fraction of sp³-hybridized carbons (Fsp3) is 0.231. The zero-order valence-electron chi connectivity index (χ0n) is 9.95. The molecule has 1 aromatic heterocycles. The Morgan fingerprint density at radius 1 is 1.35 bits per heavy atom. The van der Waals surface area contributed by atoms with Crippen molar-refractivity contribution >= 4 is 5.91 Å². The minimum absolute atomic E-state index is 0.412. The third-order valence-corrected chi connectivity index (χ3v) is 2.71. The zero-order chi connectivity index (χ0) is 12.4. The first kappa shape index (κ1) is 11.4. The lowest BCUT2D eigenvalue weighted by Crippen LogP contribution is -2.10. The molecule has 4 heteroatoms. The number of hydrogen-bond donors (Lipinski definition) is 2. The molecule has 2 aromatic rings. The van der Waals surface area contributed by atoms with Crippen LogP contribution in [0.5, 0.6) is 0 Å². The first-order valence-electron chi connectivity index (χ1n) is 5.57. The molecule has 0 bridgehead atoms. The number of aryl methyl sites for hydroxylation is 2. The smallest absolute Gasteiger partial charge is 0.248 e. The predicted molar refractivity (Wildman–Crippen MR) is 66.7 cm³/mol. The Balaban J connectivity index is 2.39. The number of hydrogen-bond acceptors (Lipinski definition) is 2. The second-order valence-electron chi connectivity index (χ2n) is 3.95. The van der Waals surface area contributed by atoms with E-state index in [-0.39, 0.29) is 0 Å². The van der Waals surface area contributed by atoms with Crippen LogP contribution in [-0.2, 0) is 6.42 Å². The van der Waals surface area contributed by atoms with Crippen molar-refractivity contribution in [1.29, 1.82) is 0 Å². The van der Waals surface area contributed by atoms with Crippen LogP contribution in [0.1, 0.15) is 28.8 Å². The van der Waals surface area contributed by atoms with Crippen LogP contribution >= 0.6 is 0 Å². The highest BCUT2D eigenvalue weighted by molar-refractivity contribution is 5.93. The van der Waals surface area contributed by atoms with Crippen molar-refractivity contribution in [3.63, 3.8) is 0 Å². The molecular weight excluding hydrogens is 214 g/mol. The standard InChI is InChI=1S/C13H15N3O/c1-3-11-15-8(2)12(16-11)9-4-6-10(7-5-9)13(14)17/h4-7H,3H2,1-2H3,(H2,14,17)(H,15,16). The number of rotatable bonds is 3. The number of benzene rings is 1. The number of carbonyl (C=O) groups excluding carboxylic acids is 1. The van der Waals surface area contributed by atoms with E-state index in [1.54, 1.807) is 12.1 Å². The Hall–Kier alpha value is -2.10. The first-order valence-corrected chi connectivity index (χ1v) is 5.57. The van der Waals surface area contributed by atoms with E-state index in [9.17, 15) is 4.79 Å². The van der Waals surface area contributed by atoms with Gasteiger partial charge in [0.25, 0.3) is 0 Å². The van der Waals surface area contributed by atoms with E-state index in [2.05, 4.69) is 16.9 Å². The SMILES string of the molecule is CCc1nc(-c2ccc(C(N)=O)cc2)c(C)[nH]1. The van der Waals surface area contributed by atoms with Crippen molar-refractivity contribution in [2.45, 2.75) is 20.3 Å². The third kappa shape index (κ3) is 2.20. The van der Waals surface area contributed by atoms with E-state index >= 15 is 0 Å². The van der Waals surface area contributed by atoms with Gasteiger partial charge >= 0.3 is 0 Å². The molecule has 0 unspecified atom stereocenters. The molecule has 4 nitrogen and oxygen atoms in total. The summed E-state index contributed by atoms with van der Waals surface area (Å²) in [6, 6.07) is 7.17. The van der Waals surface area contributed by atoms with E-state index < -0.39 is 5.91 Å². The summed E-state index contributed by atoms with van der Waals surface area (Å²) in [5.41, 5.74) is 8.66. The van der Waals surface area contributed by atoms with Crippen LogP contribution in [0, 0.1) is 6.92 Å². The van der Waals surface area contributed by atoms with Gasteiger partial charge in [-0.3, -0.25) is 4.79 Å². The van der Waals surface area contributed by atoms with Crippen LogP contribution in [0.3, 0.4) is 0 Å². The van der Waals surface area contributed by atoms with Gasteiger partial charge in [-0.25, -0.2) is 4.98 Å². The van der Waals surface area contributed by atoms with Gasteiger partial charge in [-0.15, -0.1) is 0 Å². The monoisotopic (exact) mass is 229 g/mol. The van der Waals surface area contributed by atoms with E-state index in [4.69, 9.17) is 5.73 Å². The molecule has 0 atom stereocenters. The van der Waals surface area contributed by atoms with E-state index in [0.717, 1.165) is 29.2 Å². The van der Waals surface area contributed by atoms with Gasteiger partial charge in [-0.2, -0.15) is 0 Å². The molecule has 0 saturated heterocycles. The lowest BCUT2D eigenvalue weighted by Gasteiger charge is -2.00. The third-order valence-electron chi connectivity index (χ3n) is 2.71. The van der Waals surface area contributed by atoms with Crippen molar-refractivity contribution in [2.24, 2.45) is 5.73 Å². The molecule has 0 saturated carbocycles. The number of amides is 1. The molecule has 0 aliphatic carbocycles. The molecule has 1 heterocycles. The van der Waals surface area contributed by atoms with Crippen LogP contribution in [0.2, 0.25) is 0 Å². The van der Waals surface area contributed by atoms with Gasteiger partial charge in [-0.05, 0) is 19.1 Å². The van der Waals surface area contributed by atoms with Gasteiger partial charge in [0.1, 0.15) is 5.82 Å². The van der Waals surface area contributed by atoms with Gasteiger partial charge < -0.3 is 10.7 Å². The average molecular weight is 229 g/mol. The quantitative estimate of drug-likeness (QED) is 0.845. The van der Waals surface area contributed by atoms with Gasteiger partial charge in [0.15, 0.2) is 0 Å². The van der Waals surface area contributed by atoms with Crippen molar-refractivity contribution in [3.8, 4) is 11.3 Å². The van der Waals surface area contributed by atoms with Gasteiger partial charge in [0.2, 0.25) is 5.91 Å².